The highest BCUT2D eigenvalue weighted by molar-refractivity contribution is 9.10. The first-order valence-electron chi connectivity index (χ1n) is 6.59. The SMILES string of the molecule is O=C1C2C3C=CC(C3)C2C(=O)N1c1cc(Cl)ccc1Br. The predicted octanol–water partition coefficient (Wildman–Crippen LogP) is 3.41. The van der Waals surface area contributed by atoms with Crippen molar-refractivity contribution >= 4 is 45.0 Å². The van der Waals surface area contributed by atoms with Gasteiger partial charge in [0.05, 0.1) is 17.5 Å². The number of rotatable bonds is 1. The molecule has 20 heavy (non-hydrogen) atoms. The second-order valence-electron chi connectivity index (χ2n) is 5.61. The number of benzene rings is 1. The summed E-state index contributed by atoms with van der Waals surface area (Å²) in [5.41, 5.74) is 0.557. The Labute approximate surface area is 129 Å². The summed E-state index contributed by atoms with van der Waals surface area (Å²) in [4.78, 5) is 26.6. The van der Waals surface area contributed by atoms with Crippen LogP contribution in [0, 0.1) is 23.7 Å². The van der Waals surface area contributed by atoms with Crippen molar-refractivity contribution in [3.05, 3.63) is 39.8 Å². The molecule has 4 rings (SSSR count). The summed E-state index contributed by atoms with van der Waals surface area (Å²) in [5.74, 6) is -0.0692. The number of hydrogen-bond acceptors (Lipinski definition) is 2. The summed E-state index contributed by atoms with van der Waals surface area (Å²) >= 11 is 9.40. The molecule has 2 amide bonds. The van der Waals surface area contributed by atoms with Crippen molar-refractivity contribution in [3.63, 3.8) is 0 Å². The van der Waals surface area contributed by atoms with Crippen LogP contribution in [0.5, 0.6) is 0 Å². The Morgan fingerprint density at radius 2 is 1.70 bits per heavy atom. The van der Waals surface area contributed by atoms with E-state index in [0.717, 1.165) is 6.42 Å². The van der Waals surface area contributed by atoms with Crippen molar-refractivity contribution in [1.82, 2.24) is 0 Å². The van der Waals surface area contributed by atoms with Crippen LogP contribution in [0.1, 0.15) is 6.42 Å². The van der Waals surface area contributed by atoms with Gasteiger partial charge in [0.15, 0.2) is 0 Å². The van der Waals surface area contributed by atoms with Gasteiger partial charge in [-0.05, 0) is 52.4 Å². The lowest BCUT2D eigenvalue weighted by Crippen LogP contribution is -2.33. The third-order valence-electron chi connectivity index (χ3n) is 4.62. The summed E-state index contributed by atoms with van der Waals surface area (Å²) in [5, 5.41) is 0.516. The number of carbonyl (C=O) groups excluding carboxylic acids is 2. The molecule has 2 aliphatic carbocycles. The number of hydrogen-bond donors (Lipinski definition) is 0. The largest absolute Gasteiger partial charge is 0.274 e. The quantitative estimate of drug-likeness (QED) is 0.574. The van der Waals surface area contributed by atoms with E-state index < -0.39 is 0 Å². The lowest BCUT2D eigenvalue weighted by Gasteiger charge is -2.18. The molecule has 102 valence electrons. The third kappa shape index (κ3) is 1.52. The Kier molecular flexibility index (Phi) is 2.63. The molecule has 2 bridgehead atoms. The molecular formula is C15H11BrClNO2. The highest BCUT2D eigenvalue weighted by Gasteiger charge is 2.59. The van der Waals surface area contributed by atoms with Crippen molar-refractivity contribution < 1.29 is 9.59 Å². The van der Waals surface area contributed by atoms with Crippen LogP contribution in [0.15, 0.2) is 34.8 Å². The van der Waals surface area contributed by atoms with E-state index in [2.05, 4.69) is 28.1 Å². The summed E-state index contributed by atoms with van der Waals surface area (Å²) in [6.07, 6.45) is 5.12. The van der Waals surface area contributed by atoms with E-state index in [-0.39, 0.29) is 35.5 Å². The van der Waals surface area contributed by atoms with Crippen molar-refractivity contribution in [2.24, 2.45) is 23.7 Å². The van der Waals surface area contributed by atoms with E-state index in [4.69, 9.17) is 11.6 Å². The highest BCUT2D eigenvalue weighted by Crippen LogP contribution is 2.53. The molecule has 1 aromatic rings. The van der Waals surface area contributed by atoms with Crippen LogP contribution < -0.4 is 4.90 Å². The van der Waals surface area contributed by atoms with Gasteiger partial charge >= 0.3 is 0 Å². The molecule has 2 fully saturated rings. The molecular weight excluding hydrogens is 342 g/mol. The zero-order chi connectivity index (χ0) is 14.0. The zero-order valence-electron chi connectivity index (χ0n) is 10.4. The fourth-order valence-electron chi connectivity index (χ4n) is 3.80. The minimum absolute atomic E-state index is 0.0835. The van der Waals surface area contributed by atoms with E-state index in [9.17, 15) is 9.59 Å². The number of allylic oxidation sites excluding steroid dienone is 2. The van der Waals surface area contributed by atoms with Gasteiger partial charge in [0.1, 0.15) is 0 Å². The van der Waals surface area contributed by atoms with Crippen molar-refractivity contribution in [3.8, 4) is 0 Å². The van der Waals surface area contributed by atoms with E-state index in [1.165, 1.54) is 4.90 Å². The molecule has 3 aliphatic rings. The molecule has 0 N–H and O–H groups in total. The summed E-state index contributed by atoms with van der Waals surface area (Å²) in [6, 6.07) is 5.16. The molecule has 3 nitrogen and oxygen atoms in total. The van der Waals surface area contributed by atoms with Crippen molar-refractivity contribution in [2.75, 3.05) is 4.90 Å². The maximum atomic E-state index is 12.7. The number of fused-ring (bicyclic) bond motifs is 5. The highest BCUT2D eigenvalue weighted by atomic mass is 79.9. The lowest BCUT2D eigenvalue weighted by atomic mass is 9.85. The Bertz CT molecular complexity index is 642. The van der Waals surface area contributed by atoms with E-state index in [0.29, 0.717) is 15.2 Å². The Morgan fingerprint density at radius 3 is 2.30 bits per heavy atom. The fourth-order valence-corrected chi connectivity index (χ4v) is 4.39. The lowest BCUT2D eigenvalue weighted by molar-refractivity contribution is -0.123. The predicted molar refractivity (Wildman–Crippen MR) is 79.4 cm³/mol. The molecule has 4 atom stereocenters. The number of anilines is 1. The first kappa shape index (κ1) is 12.6. The molecule has 0 radical (unpaired) electrons. The van der Waals surface area contributed by atoms with Crippen molar-refractivity contribution in [1.29, 1.82) is 0 Å². The van der Waals surface area contributed by atoms with Crippen LogP contribution in [0.4, 0.5) is 5.69 Å². The van der Waals surface area contributed by atoms with Gasteiger partial charge in [-0.25, -0.2) is 4.90 Å². The normalized spacial score (nSPS) is 34.2. The molecule has 1 heterocycles. The first-order valence-corrected chi connectivity index (χ1v) is 7.76. The Hall–Kier alpha value is -1.13. The van der Waals surface area contributed by atoms with E-state index >= 15 is 0 Å². The van der Waals surface area contributed by atoms with Crippen LogP contribution >= 0.6 is 27.5 Å². The Morgan fingerprint density at radius 1 is 1.10 bits per heavy atom. The molecule has 1 saturated carbocycles. The van der Waals surface area contributed by atoms with Crippen LogP contribution in [0.2, 0.25) is 5.02 Å². The van der Waals surface area contributed by atoms with Gasteiger partial charge in [0, 0.05) is 9.50 Å². The van der Waals surface area contributed by atoms with Gasteiger partial charge in [0.25, 0.3) is 0 Å². The number of nitrogens with zero attached hydrogens (tertiary/aromatic N) is 1. The second-order valence-corrected chi connectivity index (χ2v) is 6.90. The number of carbonyl (C=O) groups is 2. The summed E-state index contributed by atoms with van der Waals surface area (Å²) in [7, 11) is 0. The number of amides is 2. The van der Waals surface area contributed by atoms with E-state index in [1.54, 1.807) is 18.2 Å². The van der Waals surface area contributed by atoms with Crippen LogP contribution in [-0.2, 0) is 9.59 Å². The van der Waals surface area contributed by atoms with Gasteiger partial charge in [-0.2, -0.15) is 0 Å². The summed E-state index contributed by atoms with van der Waals surface area (Å²) in [6.45, 7) is 0. The maximum absolute atomic E-state index is 12.7. The molecule has 1 aromatic carbocycles. The molecule has 1 aliphatic heterocycles. The van der Waals surface area contributed by atoms with Crippen molar-refractivity contribution in [2.45, 2.75) is 6.42 Å². The van der Waals surface area contributed by atoms with Gasteiger partial charge in [0.2, 0.25) is 11.8 Å². The first-order chi connectivity index (χ1) is 9.58. The van der Waals surface area contributed by atoms with Crippen LogP contribution in [0.25, 0.3) is 0 Å². The standard InChI is InChI=1S/C15H11BrClNO2/c16-10-4-3-9(17)6-11(10)18-14(19)12-7-1-2-8(5-7)13(12)15(18)20/h1-4,6-8,12-13H,5H2. The smallest absolute Gasteiger partial charge is 0.238 e. The number of imide groups is 1. The van der Waals surface area contributed by atoms with Gasteiger partial charge in [-0.1, -0.05) is 23.8 Å². The Balaban J connectivity index is 1.80. The molecule has 1 saturated heterocycles. The molecule has 4 unspecified atom stereocenters. The molecule has 0 spiro atoms. The minimum Gasteiger partial charge on any atom is -0.274 e. The van der Waals surface area contributed by atoms with Gasteiger partial charge in [-0.3, -0.25) is 9.59 Å². The average molecular weight is 353 g/mol. The maximum Gasteiger partial charge on any atom is 0.238 e. The van der Waals surface area contributed by atoms with Crippen LogP contribution in [-0.4, -0.2) is 11.8 Å². The number of halogens is 2. The summed E-state index contributed by atoms with van der Waals surface area (Å²) < 4.78 is 0.712. The van der Waals surface area contributed by atoms with Crippen LogP contribution in [0.3, 0.4) is 0 Å². The third-order valence-corrected chi connectivity index (χ3v) is 5.53. The average Bonchev–Trinajstić information content (AvgIpc) is 3.08. The van der Waals surface area contributed by atoms with E-state index in [1.807, 2.05) is 0 Å². The van der Waals surface area contributed by atoms with Gasteiger partial charge < -0.3 is 0 Å². The molecule has 0 aromatic heterocycles. The monoisotopic (exact) mass is 351 g/mol. The minimum atomic E-state index is -0.177. The fraction of sp³-hybridized carbons (Fsp3) is 0.333. The van der Waals surface area contributed by atoms with Gasteiger partial charge in [-0.15, -0.1) is 0 Å². The second kappa shape index (κ2) is 4.18. The zero-order valence-corrected chi connectivity index (χ0v) is 12.8. The topological polar surface area (TPSA) is 37.4 Å². The molecule has 5 heteroatoms.